The van der Waals surface area contributed by atoms with Gasteiger partial charge in [0.1, 0.15) is 28.2 Å². The summed E-state index contributed by atoms with van der Waals surface area (Å²) in [6.07, 6.45) is 2.73. The molecule has 0 unspecified atom stereocenters. The van der Waals surface area contributed by atoms with Gasteiger partial charge in [-0.1, -0.05) is 80.6 Å². The molecule has 0 fully saturated rings. The van der Waals surface area contributed by atoms with Crippen molar-refractivity contribution in [1.29, 1.82) is 0 Å². The van der Waals surface area contributed by atoms with E-state index in [1.54, 1.807) is 6.07 Å². The van der Waals surface area contributed by atoms with E-state index in [1.807, 2.05) is 66.9 Å². The number of aromatic nitrogens is 4. The lowest BCUT2D eigenvalue weighted by molar-refractivity contribution is 0.477. The predicted octanol–water partition coefficient (Wildman–Crippen LogP) is 10.8. The van der Waals surface area contributed by atoms with E-state index in [2.05, 4.69) is 79.1 Å². The van der Waals surface area contributed by atoms with Crippen molar-refractivity contribution in [1.82, 2.24) is 19.5 Å². The minimum atomic E-state index is 0.122. The van der Waals surface area contributed by atoms with Crippen molar-refractivity contribution in [3.8, 4) is 45.2 Å². The molecular weight excluding hydrogens is 604 g/mol. The second kappa shape index (κ2) is 11.5. The Kier molecular flexibility index (Phi) is 6.76. The van der Waals surface area contributed by atoms with Crippen LogP contribution in [0, 0.1) is 5.92 Å². The van der Waals surface area contributed by atoms with Crippen molar-refractivity contribution < 1.29 is 9.52 Å². The lowest BCUT2D eigenvalue weighted by atomic mass is 9.98. The number of nitrogens with zero attached hydrogens (tertiary/aromatic N) is 4. The van der Waals surface area contributed by atoms with Crippen LogP contribution in [-0.2, 0) is 6.42 Å². The van der Waals surface area contributed by atoms with Gasteiger partial charge in [0, 0.05) is 39.2 Å². The van der Waals surface area contributed by atoms with Crippen LogP contribution in [0.1, 0.15) is 19.4 Å². The number of fused-ring (bicyclic) bond motifs is 6. The molecule has 4 aromatic heterocycles. The number of hydrogen-bond acceptors (Lipinski definition) is 5. The van der Waals surface area contributed by atoms with Crippen LogP contribution in [0.3, 0.4) is 0 Å². The molecule has 236 valence electrons. The van der Waals surface area contributed by atoms with Crippen LogP contribution in [-0.4, -0.2) is 24.6 Å². The molecule has 0 aliphatic rings. The van der Waals surface area contributed by atoms with Crippen LogP contribution in [0.5, 0.6) is 5.75 Å². The molecule has 0 radical (unpaired) electrons. The quantitative estimate of drug-likeness (QED) is 0.196. The highest BCUT2D eigenvalue weighted by atomic mass is 16.3. The minimum Gasteiger partial charge on any atom is -0.507 e. The van der Waals surface area contributed by atoms with E-state index >= 15 is 0 Å². The molecule has 0 saturated heterocycles. The van der Waals surface area contributed by atoms with E-state index in [0.717, 1.165) is 61.7 Å². The number of benzene rings is 5. The van der Waals surface area contributed by atoms with Gasteiger partial charge in [-0.15, -0.1) is 0 Å². The first-order valence-corrected chi connectivity index (χ1v) is 16.6. The Balaban J connectivity index is 1.33. The van der Waals surface area contributed by atoms with Crippen molar-refractivity contribution in [3.05, 3.63) is 139 Å². The Morgan fingerprint density at radius 1 is 0.694 bits per heavy atom. The number of para-hydroxylation sites is 2. The monoisotopic (exact) mass is 636 g/mol. The zero-order valence-electron chi connectivity index (χ0n) is 27.1. The standard InChI is InChI=1S/C43H32N4O2/c1-26(2)21-27-22-30(24-31(23-27)47-36-16-8-6-13-32(36)33-15-10-20-44-43(33)47)42-45-39-34-14-7-9-17-38(34)49-41(39)40(46-42)35-25-29(18-19-37(35)48)28-11-4-3-5-12-28/h3-20,22-26,48H,21H2,1-2H3. The topological polar surface area (TPSA) is 77.0 Å². The Hall–Kier alpha value is -6.27. The maximum absolute atomic E-state index is 11.3. The molecule has 6 nitrogen and oxygen atoms in total. The van der Waals surface area contributed by atoms with Crippen molar-refractivity contribution >= 4 is 44.0 Å². The molecule has 0 spiro atoms. The van der Waals surface area contributed by atoms with Gasteiger partial charge in [-0.05, 0) is 89.7 Å². The molecule has 0 amide bonds. The SMILES string of the molecule is CC(C)Cc1cc(-c2nc(-c3cc(-c4ccccc4)ccc3O)c3oc4ccccc4c3n2)cc(-n2c3ccccc3c3cccnc32)c1. The molecule has 0 bridgehead atoms. The van der Waals surface area contributed by atoms with Crippen LogP contribution < -0.4 is 0 Å². The van der Waals surface area contributed by atoms with Gasteiger partial charge in [-0.25, -0.2) is 15.0 Å². The van der Waals surface area contributed by atoms with Gasteiger partial charge < -0.3 is 9.52 Å². The van der Waals surface area contributed by atoms with Gasteiger partial charge in [0.05, 0.1) is 5.52 Å². The minimum absolute atomic E-state index is 0.122. The highest BCUT2D eigenvalue weighted by Gasteiger charge is 2.22. The molecular formula is C43H32N4O2. The smallest absolute Gasteiger partial charge is 0.180 e. The van der Waals surface area contributed by atoms with Gasteiger partial charge in [0.25, 0.3) is 0 Å². The van der Waals surface area contributed by atoms with E-state index in [0.29, 0.717) is 34.1 Å². The van der Waals surface area contributed by atoms with Crippen LogP contribution in [0.15, 0.2) is 138 Å². The van der Waals surface area contributed by atoms with Crippen molar-refractivity contribution in [2.75, 3.05) is 0 Å². The Labute approximate surface area is 283 Å². The molecule has 9 aromatic rings. The number of pyridine rings is 1. The third-order valence-electron chi connectivity index (χ3n) is 9.15. The van der Waals surface area contributed by atoms with Gasteiger partial charge >= 0.3 is 0 Å². The van der Waals surface area contributed by atoms with Gasteiger partial charge in [-0.3, -0.25) is 4.57 Å². The van der Waals surface area contributed by atoms with Crippen molar-refractivity contribution in [2.24, 2.45) is 5.92 Å². The van der Waals surface area contributed by atoms with E-state index in [-0.39, 0.29) is 5.75 Å². The average Bonchev–Trinajstić information content (AvgIpc) is 3.67. The summed E-state index contributed by atoms with van der Waals surface area (Å²) in [6, 6.07) is 42.8. The molecule has 5 aromatic carbocycles. The zero-order chi connectivity index (χ0) is 33.1. The number of phenolic OH excluding ortho intramolecular Hbond substituents is 1. The molecule has 0 aliphatic heterocycles. The average molecular weight is 637 g/mol. The second-order valence-corrected chi connectivity index (χ2v) is 13.0. The molecule has 0 atom stereocenters. The van der Waals surface area contributed by atoms with E-state index in [1.165, 1.54) is 5.56 Å². The van der Waals surface area contributed by atoms with E-state index in [4.69, 9.17) is 19.4 Å². The normalized spacial score (nSPS) is 11.8. The van der Waals surface area contributed by atoms with Crippen LogP contribution in [0.2, 0.25) is 0 Å². The lowest BCUT2D eigenvalue weighted by Crippen LogP contribution is -2.02. The fraction of sp³-hybridized carbons (Fsp3) is 0.0930. The summed E-state index contributed by atoms with van der Waals surface area (Å²) in [6.45, 7) is 4.46. The summed E-state index contributed by atoms with van der Waals surface area (Å²) < 4.78 is 8.67. The summed E-state index contributed by atoms with van der Waals surface area (Å²) in [7, 11) is 0. The molecule has 4 heterocycles. The fourth-order valence-corrected chi connectivity index (χ4v) is 7.02. The number of hydrogen-bond donors (Lipinski definition) is 1. The van der Waals surface area contributed by atoms with Crippen LogP contribution >= 0.6 is 0 Å². The third kappa shape index (κ3) is 4.92. The number of phenols is 1. The van der Waals surface area contributed by atoms with Crippen LogP contribution in [0.25, 0.3) is 83.5 Å². The predicted molar refractivity (Wildman–Crippen MR) is 198 cm³/mol. The van der Waals surface area contributed by atoms with Crippen LogP contribution in [0.4, 0.5) is 0 Å². The Morgan fingerprint density at radius 3 is 2.33 bits per heavy atom. The lowest BCUT2D eigenvalue weighted by Gasteiger charge is -2.14. The largest absolute Gasteiger partial charge is 0.507 e. The summed E-state index contributed by atoms with van der Waals surface area (Å²) >= 11 is 0. The highest BCUT2D eigenvalue weighted by molar-refractivity contribution is 6.09. The van der Waals surface area contributed by atoms with Gasteiger partial charge in [0.15, 0.2) is 11.4 Å². The summed E-state index contributed by atoms with van der Waals surface area (Å²) in [5, 5.41) is 14.5. The zero-order valence-corrected chi connectivity index (χ0v) is 27.1. The Morgan fingerprint density at radius 2 is 1.47 bits per heavy atom. The molecule has 49 heavy (non-hydrogen) atoms. The number of rotatable bonds is 6. The van der Waals surface area contributed by atoms with Crippen molar-refractivity contribution in [2.45, 2.75) is 20.3 Å². The summed E-state index contributed by atoms with van der Waals surface area (Å²) in [4.78, 5) is 15.2. The molecule has 0 aliphatic carbocycles. The van der Waals surface area contributed by atoms with Gasteiger partial charge in [-0.2, -0.15) is 0 Å². The Bertz CT molecular complexity index is 2630. The first-order chi connectivity index (χ1) is 24.0. The van der Waals surface area contributed by atoms with Crippen molar-refractivity contribution in [3.63, 3.8) is 0 Å². The first-order valence-electron chi connectivity index (χ1n) is 16.6. The summed E-state index contributed by atoms with van der Waals surface area (Å²) in [5.41, 5.74) is 10.1. The summed E-state index contributed by atoms with van der Waals surface area (Å²) in [5.74, 6) is 1.12. The molecule has 1 N–H and O–H groups in total. The van der Waals surface area contributed by atoms with E-state index in [9.17, 15) is 5.11 Å². The number of furan rings is 1. The molecule has 0 saturated carbocycles. The van der Waals surface area contributed by atoms with E-state index < -0.39 is 0 Å². The number of aromatic hydroxyl groups is 1. The molecule has 9 rings (SSSR count). The maximum Gasteiger partial charge on any atom is 0.180 e. The fourth-order valence-electron chi connectivity index (χ4n) is 7.02. The first kappa shape index (κ1) is 28.9. The molecule has 6 heteroatoms. The second-order valence-electron chi connectivity index (χ2n) is 13.0. The maximum atomic E-state index is 11.3. The van der Waals surface area contributed by atoms with Gasteiger partial charge in [0.2, 0.25) is 0 Å². The highest BCUT2D eigenvalue weighted by Crippen LogP contribution is 2.41. The third-order valence-corrected chi connectivity index (χ3v) is 9.15.